The van der Waals surface area contributed by atoms with Crippen LogP contribution in [-0.2, 0) is 13.1 Å². The summed E-state index contributed by atoms with van der Waals surface area (Å²) in [7, 11) is 1.32. The topological polar surface area (TPSA) is 80.5 Å². The van der Waals surface area contributed by atoms with E-state index in [1.807, 2.05) is 6.92 Å². The van der Waals surface area contributed by atoms with E-state index in [1.165, 1.54) is 7.11 Å². The summed E-state index contributed by atoms with van der Waals surface area (Å²) in [5.41, 5.74) is 1.21. The van der Waals surface area contributed by atoms with Crippen LogP contribution < -0.4 is 26.5 Å². The minimum absolute atomic E-state index is 0.0910. The van der Waals surface area contributed by atoms with Gasteiger partial charge in [0.1, 0.15) is 5.65 Å². The Kier molecular flexibility index (Phi) is 6.81. The van der Waals surface area contributed by atoms with Crippen molar-refractivity contribution < 1.29 is 13.5 Å². The van der Waals surface area contributed by atoms with Crippen LogP contribution in [0.25, 0.3) is 11.0 Å². The molecule has 0 radical (unpaired) electrons. The zero-order valence-electron chi connectivity index (χ0n) is 20.5. The molecule has 2 aromatic heterocycles. The van der Waals surface area contributed by atoms with Gasteiger partial charge in [-0.2, -0.15) is 4.39 Å². The fourth-order valence-electron chi connectivity index (χ4n) is 5.48. The highest BCUT2D eigenvalue weighted by molar-refractivity contribution is 5.76. The van der Waals surface area contributed by atoms with Crippen LogP contribution in [0.5, 0.6) is 5.75 Å². The molecule has 1 fully saturated rings. The Morgan fingerprint density at radius 2 is 1.78 bits per heavy atom. The number of aromatic nitrogens is 2. The zero-order chi connectivity index (χ0) is 25.4. The van der Waals surface area contributed by atoms with Gasteiger partial charge in [-0.25, -0.2) is 4.39 Å². The normalized spacial score (nSPS) is 18.2. The lowest BCUT2D eigenvalue weighted by atomic mass is 10.0. The SMILES string of the molecule is CCNc1cc(CNC2CCN(CC3Cn4c(=O)ccc5ccc(=O)n3c54)CC2)c(F)c(F)c1OC. The van der Waals surface area contributed by atoms with E-state index < -0.39 is 11.6 Å². The van der Waals surface area contributed by atoms with Gasteiger partial charge >= 0.3 is 0 Å². The van der Waals surface area contributed by atoms with Crippen LogP contribution in [0.15, 0.2) is 39.9 Å². The second-order valence-corrected chi connectivity index (χ2v) is 9.49. The van der Waals surface area contributed by atoms with Crippen LogP contribution in [-0.4, -0.2) is 53.4 Å². The van der Waals surface area contributed by atoms with Gasteiger partial charge in [0.15, 0.2) is 11.6 Å². The first-order valence-electron chi connectivity index (χ1n) is 12.4. The molecule has 192 valence electrons. The molecule has 10 heteroatoms. The van der Waals surface area contributed by atoms with Gasteiger partial charge in [0.2, 0.25) is 5.82 Å². The van der Waals surface area contributed by atoms with E-state index in [2.05, 4.69) is 15.5 Å². The smallest absolute Gasteiger partial charge is 0.252 e. The van der Waals surface area contributed by atoms with Crippen molar-refractivity contribution in [3.8, 4) is 5.75 Å². The number of methoxy groups -OCH3 is 1. The lowest BCUT2D eigenvalue weighted by Crippen LogP contribution is -2.44. The second-order valence-electron chi connectivity index (χ2n) is 9.49. The van der Waals surface area contributed by atoms with Gasteiger partial charge in [-0.05, 0) is 51.1 Å². The average Bonchev–Trinajstić information content (AvgIpc) is 3.26. The van der Waals surface area contributed by atoms with Gasteiger partial charge in [0.05, 0.1) is 18.8 Å². The monoisotopic (exact) mass is 499 g/mol. The minimum Gasteiger partial charge on any atom is -0.491 e. The number of anilines is 1. The molecular formula is C26H31F2N5O3. The Labute approximate surface area is 207 Å². The third-order valence-corrected chi connectivity index (χ3v) is 7.26. The molecule has 1 unspecified atom stereocenters. The molecule has 2 N–H and O–H groups in total. The number of hydrogen-bond acceptors (Lipinski definition) is 6. The molecule has 4 heterocycles. The van der Waals surface area contributed by atoms with Gasteiger partial charge in [0, 0.05) is 55.3 Å². The number of rotatable bonds is 8. The van der Waals surface area contributed by atoms with E-state index in [4.69, 9.17) is 4.74 Å². The van der Waals surface area contributed by atoms with Crippen LogP contribution in [0.1, 0.15) is 31.4 Å². The molecule has 0 bridgehead atoms. The predicted octanol–water partition coefficient (Wildman–Crippen LogP) is 2.69. The summed E-state index contributed by atoms with van der Waals surface area (Å²) in [5, 5.41) is 7.28. The first-order chi connectivity index (χ1) is 17.4. The van der Waals surface area contributed by atoms with Crippen molar-refractivity contribution in [1.82, 2.24) is 19.4 Å². The summed E-state index contributed by atoms with van der Waals surface area (Å²) in [5.74, 6) is -1.99. The van der Waals surface area contributed by atoms with Crippen molar-refractivity contribution in [2.45, 2.75) is 44.9 Å². The Morgan fingerprint density at radius 3 is 2.47 bits per heavy atom. The molecule has 2 aliphatic heterocycles. The fourth-order valence-corrected chi connectivity index (χ4v) is 5.48. The van der Waals surface area contributed by atoms with Crippen LogP contribution in [0, 0.1) is 11.6 Å². The highest BCUT2D eigenvalue weighted by atomic mass is 19.2. The van der Waals surface area contributed by atoms with Crippen LogP contribution in [0.3, 0.4) is 0 Å². The number of nitrogens with zero attached hydrogens (tertiary/aromatic N) is 3. The number of hydrogen-bond donors (Lipinski definition) is 2. The van der Waals surface area contributed by atoms with E-state index in [1.54, 1.807) is 39.5 Å². The van der Waals surface area contributed by atoms with Gasteiger partial charge in [-0.3, -0.25) is 18.7 Å². The molecule has 5 rings (SSSR count). The number of nitrogens with one attached hydrogen (secondary N) is 2. The van der Waals surface area contributed by atoms with Crippen molar-refractivity contribution in [1.29, 1.82) is 0 Å². The van der Waals surface area contributed by atoms with Crippen molar-refractivity contribution >= 4 is 16.7 Å². The first kappa shape index (κ1) is 24.5. The largest absolute Gasteiger partial charge is 0.491 e. The summed E-state index contributed by atoms with van der Waals surface area (Å²) >= 11 is 0. The van der Waals surface area contributed by atoms with E-state index in [0.717, 1.165) is 31.3 Å². The number of benzene rings is 1. The number of ether oxygens (including phenoxy) is 1. The third kappa shape index (κ3) is 4.39. The number of pyridine rings is 2. The standard InChI is InChI=1S/C26H31F2N5O3/c1-3-29-20-12-17(23(27)24(28)25(20)36-2)13-30-18-8-10-31(11-9-18)14-19-15-32-21(34)6-4-16-5-7-22(35)33(19)26(16)32/h4-7,12,18-19,29-30H,3,8-11,13-15H2,1-2H3. The lowest BCUT2D eigenvalue weighted by molar-refractivity contribution is 0.171. The van der Waals surface area contributed by atoms with Crippen LogP contribution >= 0.6 is 0 Å². The van der Waals surface area contributed by atoms with Gasteiger partial charge in [0.25, 0.3) is 11.1 Å². The molecule has 36 heavy (non-hydrogen) atoms. The highest BCUT2D eigenvalue weighted by Crippen LogP contribution is 2.32. The average molecular weight is 500 g/mol. The maximum atomic E-state index is 14.6. The molecule has 0 aliphatic carbocycles. The number of piperidine rings is 1. The summed E-state index contributed by atoms with van der Waals surface area (Å²) in [4.78, 5) is 27.3. The van der Waals surface area contributed by atoms with E-state index in [0.29, 0.717) is 31.0 Å². The van der Waals surface area contributed by atoms with Crippen molar-refractivity contribution in [3.05, 3.63) is 68.2 Å². The summed E-state index contributed by atoms with van der Waals surface area (Å²) in [6.07, 6.45) is 1.69. The van der Waals surface area contributed by atoms with Gasteiger partial charge < -0.3 is 20.3 Å². The zero-order valence-corrected chi connectivity index (χ0v) is 20.5. The highest BCUT2D eigenvalue weighted by Gasteiger charge is 2.29. The molecule has 0 saturated carbocycles. The van der Waals surface area contributed by atoms with Crippen molar-refractivity contribution in [2.75, 3.05) is 38.6 Å². The maximum Gasteiger partial charge on any atom is 0.252 e. The number of likely N-dealkylation sites (tertiary alicyclic amines) is 1. The molecule has 1 aromatic carbocycles. The van der Waals surface area contributed by atoms with E-state index in [-0.39, 0.29) is 41.1 Å². The third-order valence-electron chi connectivity index (χ3n) is 7.26. The molecule has 8 nitrogen and oxygen atoms in total. The molecule has 3 aromatic rings. The Hall–Kier alpha value is -3.24. The van der Waals surface area contributed by atoms with Crippen molar-refractivity contribution in [2.24, 2.45) is 0 Å². The lowest BCUT2D eigenvalue weighted by Gasteiger charge is -2.34. The summed E-state index contributed by atoms with van der Waals surface area (Å²) < 4.78 is 37.5. The van der Waals surface area contributed by atoms with E-state index >= 15 is 0 Å². The first-order valence-corrected chi connectivity index (χ1v) is 12.4. The van der Waals surface area contributed by atoms with Crippen LogP contribution in [0.4, 0.5) is 14.5 Å². The molecule has 2 aliphatic rings. The molecule has 0 amide bonds. The molecule has 1 saturated heterocycles. The Morgan fingerprint density at radius 1 is 1.06 bits per heavy atom. The fraction of sp³-hybridized carbons (Fsp3) is 0.462. The summed E-state index contributed by atoms with van der Waals surface area (Å²) in [6.45, 7) is 5.45. The summed E-state index contributed by atoms with van der Waals surface area (Å²) in [6, 6.07) is 8.32. The maximum absolute atomic E-state index is 14.6. The quantitative estimate of drug-likeness (QED) is 0.496. The van der Waals surface area contributed by atoms with Crippen molar-refractivity contribution in [3.63, 3.8) is 0 Å². The minimum atomic E-state index is -0.982. The Balaban J connectivity index is 1.21. The second kappa shape index (κ2) is 10.0. The van der Waals surface area contributed by atoms with Gasteiger partial charge in [-0.15, -0.1) is 0 Å². The van der Waals surface area contributed by atoms with Crippen LogP contribution in [0.2, 0.25) is 0 Å². The molecule has 0 spiro atoms. The van der Waals surface area contributed by atoms with Gasteiger partial charge in [-0.1, -0.05) is 0 Å². The van der Waals surface area contributed by atoms with E-state index in [9.17, 15) is 18.4 Å². The number of halogens is 2. The predicted molar refractivity (Wildman–Crippen MR) is 135 cm³/mol. The molecule has 1 atom stereocenters. The molecular weight excluding hydrogens is 468 g/mol. The Bertz CT molecular complexity index is 1390.